The molecule has 102 valence electrons. The fourth-order valence-corrected chi connectivity index (χ4v) is 2.56. The van der Waals surface area contributed by atoms with Gasteiger partial charge in [0, 0.05) is 10.9 Å². The Bertz CT molecular complexity index is 511. The Morgan fingerprint density at radius 3 is 2.63 bits per heavy atom. The average molecular weight is 277 g/mol. The van der Waals surface area contributed by atoms with Crippen LogP contribution < -0.4 is 14.8 Å². The van der Waals surface area contributed by atoms with Crippen LogP contribution in [0.25, 0.3) is 0 Å². The van der Waals surface area contributed by atoms with Crippen LogP contribution in [0.4, 0.5) is 0 Å². The van der Waals surface area contributed by atoms with Crippen molar-refractivity contribution in [1.29, 1.82) is 0 Å². The second-order valence-corrected chi connectivity index (χ2v) is 5.28. The molecule has 0 amide bonds. The molecule has 0 aliphatic rings. The topological polar surface area (TPSA) is 30.5 Å². The molecule has 1 N–H and O–H groups in total. The van der Waals surface area contributed by atoms with E-state index in [2.05, 4.69) is 23.7 Å². The number of ether oxygens (including phenoxy) is 2. The molecule has 0 fully saturated rings. The molecule has 1 heterocycles. The molecule has 4 heteroatoms. The Morgan fingerprint density at radius 2 is 2.00 bits per heavy atom. The first-order valence-electron chi connectivity index (χ1n) is 6.25. The molecule has 1 atom stereocenters. The van der Waals surface area contributed by atoms with Gasteiger partial charge in [-0.05, 0) is 37.6 Å². The lowest BCUT2D eigenvalue weighted by Gasteiger charge is -2.19. The van der Waals surface area contributed by atoms with Gasteiger partial charge < -0.3 is 14.8 Å². The summed E-state index contributed by atoms with van der Waals surface area (Å²) in [6.07, 6.45) is 0. The minimum atomic E-state index is 0.175. The largest absolute Gasteiger partial charge is 0.496 e. The van der Waals surface area contributed by atoms with E-state index < -0.39 is 0 Å². The molecule has 0 bridgehead atoms. The van der Waals surface area contributed by atoms with E-state index in [4.69, 9.17) is 9.47 Å². The van der Waals surface area contributed by atoms with Crippen molar-refractivity contribution >= 4 is 11.3 Å². The van der Waals surface area contributed by atoms with E-state index in [-0.39, 0.29) is 6.04 Å². The monoisotopic (exact) mass is 277 g/mol. The molecule has 0 spiro atoms. The van der Waals surface area contributed by atoms with Crippen molar-refractivity contribution in [3.8, 4) is 11.5 Å². The van der Waals surface area contributed by atoms with Gasteiger partial charge in [-0.25, -0.2) is 0 Å². The Hall–Kier alpha value is -1.52. The summed E-state index contributed by atoms with van der Waals surface area (Å²) >= 11 is 1.70. The Kier molecular flexibility index (Phi) is 4.82. The van der Waals surface area contributed by atoms with Gasteiger partial charge >= 0.3 is 0 Å². The maximum Gasteiger partial charge on any atom is 0.128 e. The lowest BCUT2D eigenvalue weighted by atomic mass is 10.1. The van der Waals surface area contributed by atoms with Gasteiger partial charge in [0.15, 0.2) is 0 Å². The van der Waals surface area contributed by atoms with E-state index >= 15 is 0 Å². The molecule has 0 saturated heterocycles. The van der Waals surface area contributed by atoms with E-state index in [1.54, 1.807) is 18.4 Å². The highest BCUT2D eigenvalue weighted by Crippen LogP contribution is 2.34. The summed E-state index contributed by atoms with van der Waals surface area (Å²) in [6.45, 7) is 2.68. The van der Waals surface area contributed by atoms with Crippen LogP contribution in [0.3, 0.4) is 0 Å². The molecule has 1 aromatic heterocycles. The van der Waals surface area contributed by atoms with E-state index in [0.29, 0.717) is 6.61 Å². The van der Waals surface area contributed by atoms with E-state index in [9.17, 15) is 0 Å². The second kappa shape index (κ2) is 6.59. The molecule has 0 aliphatic carbocycles. The van der Waals surface area contributed by atoms with Crippen LogP contribution in [-0.4, -0.2) is 14.2 Å². The highest BCUT2D eigenvalue weighted by molar-refractivity contribution is 7.09. The van der Waals surface area contributed by atoms with Gasteiger partial charge in [-0.1, -0.05) is 12.1 Å². The molecule has 2 rings (SSSR count). The van der Waals surface area contributed by atoms with Crippen molar-refractivity contribution in [2.45, 2.75) is 19.6 Å². The molecule has 2 aromatic rings. The van der Waals surface area contributed by atoms with Crippen LogP contribution in [0.5, 0.6) is 11.5 Å². The average Bonchev–Trinajstić information content (AvgIpc) is 2.97. The molecular weight excluding hydrogens is 258 g/mol. The van der Waals surface area contributed by atoms with Gasteiger partial charge in [0.25, 0.3) is 0 Å². The first kappa shape index (κ1) is 13.9. The van der Waals surface area contributed by atoms with Gasteiger partial charge in [0.1, 0.15) is 18.1 Å². The number of nitrogens with one attached hydrogen (secondary N) is 1. The molecule has 0 radical (unpaired) electrons. The fourth-order valence-electron chi connectivity index (χ4n) is 1.94. The summed E-state index contributed by atoms with van der Waals surface area (Å²) < 4.78 is 11.4. The summed E-state index contributed by atoms with van der Waals surface area (Å²) in [4.78, 5) is 1.21. The zero-order valence-electron chi connectivity index (χ0n) is 11.5. The van der Waals surface area contributed by atoms with Crippen molar-refractivity contribution in [3.05, 3.63) is 46.2 Å². The van der Waals surface area contributed by atoms with Gasteiger partial charge in [0.2, 0.25) is 0 Å². The number of benzene rings is 1. The van der Waals surface area contributed by atoms with Gasteiger partial charge in [-0.3, -0.25) is 0 Å². The molecule has 19 heavy (non-hydrogen) atoms. The Morgan fingerprint density at radius 1 is 1.21 bits per heavy atom. The van der Waals surface area contributed by atoms with Gasteiger partial charge in [-0.2, -0.15) is 0 Å². The quantitative estimate of drug-likeness (QED) is 0.875. The predicted molar refractivity (Wildman–Crippen MR) is 79.1 cm³/mol. The first-order valence-corrected chi connectivity index (χ1v) is 7.13. The highest BCUT2D eigenvalue weighted by Gasteiger charge is 2.16. The van der Waals surface area contributed by atoms with Crippen molar-refractivity contribution in [1.82, 2.24) is 5.32 Å². The maximum atomic E-state index is 5.94. The number of methoxy groups -OCH3 is 1. The number of hydrogen-bond donors (Lipinski definition) is 1. The van der Waals surface area contributed by atoms with Crippen molar-refractivity contribution < 1.29 is 9.47 Å². The van der Waals surface area contributed by atoms with Gasteiger partial charge in [-0.15, -0.1) is 11.3 Å². The first-order chi connectivity index (χ1) is 9.26. The minimum Gasteiger partial charge on any atom is -0.496 e. The maximum absolute atomic E-state index is 5.94. The molecular formula is C15H19NO2S. The predicted octanol–water partition coefficient (Wildman–Crippen LogP) is 3.62. The lowest BCUT2D eigenvalue weighted by Crippen LogP contribution is -2.15. The van der Waals surface area contributed by atoms with Crippen LogP contribution in [0.1, 0.15) is 23.4 Å². The van der Waals surface area contributed by atoms with Crippen molar-refractivity contribution in [2.75, 3.05) is 14.2 Å². The summed E-state index contributed by atoms with van der Waals surface area (Å²) in [6, 6.07) is 10.2. The molecule has 1 unspecified atom stereocenters. The van der Waals surface area contributed by atoms with Crippen molar-refractivity contribution in [3.63, 3.8) is 0 Å². The summed E-state index contributed by atoms with van der Waals surface area (Å²) in [5.41, 5.74) is 1.06. The third-order valence-corrected chi connectivity index (χ3v) is 3.91. The third-order valence-electron chi connectivity index (χ3n) is 3.06. The smallest absolute Gasteiger partial charge is 0.128 e. The normalized spacial score (nSPS) is 12.2. The van der Waals surface area contributed by atoms with Crippen LogP contribution in [-0.2, 0) is 6.61 Å². The lowest BCUT2D eigenvalue weighted by molar-refractivity contribution is 0.299. The third kappa shape index (κ3) is 3.28. The zero-order valence-corrected chi connectivity index (χ0v) is 12.3. The zero-order chi connectivity index (χ0) is 13.7. The number of hydrogen-bond acceptors (Lipinski definition) is 4. The molecule has 0 aliphatic heterocycles. The fraction of sp³-hybridized carbons (Fsp3) is 0.333. The molecule has 3 nitrogen and oxygen atoms in total. The van der Waals surface area contributed by atoms with Crippen LogP contribution in [0, 0.1) is 0 Å². The molecule has 0 saturated carbocycles. The van der Waals surface area contributed by atoms with Crippen LogP contribution in [0.15, 0.2) is 35.7 Å². The summed E-state index contributed by atoms with van der Waals surface area (Å²) in [5, 5.41) is 5.29. The van der Waals surface area contributed by atoms with E-state index in [1.807, 2.05) is 31.3 Å². The van der Waals surface area contributed by atoms with E-state index in [1.165, 1.54) is 4.88 Å². The number of thiophene rings is 1. The van der Waals surface area contributed by atoms with Crippen molar-refractivity contribution in [2.24, 2.45) is 0 Å². The Labute approximate surface area is 118 Å². The number of rotatable bonds is 6. The van der Waals surface area contributed by atoms with Crippen LogP contribution in [0.2, 0.25) is 0 Å². The standard InChI is InChI=1S/C15H19NO2S/c1-11(16-2)15-13(17-3)7-4-8-14(15)18-10-12-6-5-9-19-12/h4-9,11,16H,10H2,1-3H3. The highest BCUT2D eigenvalue weighted by atomic mass is 32.1. The summed E-state index contributed by atoms with van der Waals surface area (Å²) in [5.74, 6) is 1.72. The van der Waals surface area contributed by atoms with Crippen LogP contribution >= 0.6 is 11.3 Å². The Balaban J connectivity index is 2.23. The van der Waals surface area contributed by atoms with E-state index in [0.717, 1.165) is 17.1 Å². The SMILES string of the molecule is CNC(C)c1c(OC)cccc1OCc1cccs1. The second-order valence-electron chi connectivity index (χ2n) is 4.25. The summed E-state index contributed by atoms with van der Waals surface area (Å²) in [7, 11) is 3.62. The minimum absolute atomic E-state index is 0.175. The molecule has 1 aromatic carbocycles. The van der Waals surface area contributed by atoms with Gasteiger partial charge in [0.05, 0.1) is 12.7 Å².